The van der Waals surface area contributed by atoms with E-state index in [0.29, 0.717) is 6.04 Å². The van der Waals surface area contributed by atoms with Crippen LogP contribution in [0.5, 0.6) is 0 Å². The Morgan fingerprint density at radius 1 is 1.43 bits per heavy atom. The van der Waals surface area contributed by atoms with Gasteiger partial charge in [0.15, 0.2) is 0 Å². The van der Waals surface area contributed by atoms with E-state index < -0.39 is 0 Å². The first kappa shape index (κ1) is 12.7. The van der Waals surface area contributed by atoms with Gasteiger partial charge in [-0.3, -0.25) is 0 Å². The topological polar surface area (TPSA) is 12.0 Å². The molecule has 0 radical (unpaired) electrons. The van der Waals surface area contributed by atoms with Gasteiger partial charge in [-0.25, -0.2) is 0 Å². The Hall–Kier alpha value is 0.660. The molecule has 3 heteroatoms. The largest absolute Gasteiger partial charge is 0.315 e. The summed E-state index contributed by atoms with van der Waals surface area (Å²) in [5.74, 6) is 1.38. The predicted octanol–water partition coefficient (Wildman–Crippen LogP) is 3.70. The van der Waals surface area contributed by atoms with Gasteiger partial charge >= 0.3 is 0 Å². The maximum atomic E-state index is 3.46. The Morgan fingerprint density at radius 3 is 2.93 bits per heavy atom. The van der Waals surface area contributed by atoms with Crippen LogP contribution in [-0.4, -0.2) is 23.6 Å². The molecule has 1 heterocycles. The van der Waals surface area contributed by atoms with E-state index in [2.05, 4.69) is 40.8 Å². The first-order valence-electron chi connectivity index (χ1n) is 5.84. The van der Waals surface area contributed by atoms with Crippen LogP contribution >= 0.6 is 21.6 Å². The molecular formula is C11H23NS2. The highest BCUT2D eigenvalue weighted by Crippen LogP contribution is 2.39. The molecule has 1 fully saturated rings. The predicted molar refractivity (Wildman–Crippen MR) is 70.1 cm³/mol. The lowest BCUT2D eigenvalue weighted by atomic mass is 10.1. The quantitative estimate of drug-likeness (QED) is 0.532. The Kier molecular flexibility index (Phi) is 7.17. The minimum atomic E-state index is 0.714. The van der Waals surface area contributed by atoms with Crippen molar-refractivity contribution < 1.29 is 0 Å². The second kappa shape index (κ2) is 7.89. The molecule has 1 nitrogen and oxygen atoms in total. The molecule has 14 heavy (non-hydrogen) atoms. The van der Waals surface area contributed by atoms with Crippen molar-refractivity contribution in [3.63, 3.8) is 0 Å². The van der Waals surface area contributed by atoms with Crippen LogP contribution in [0.4, 0.5) is 0 Å². The third-order valence-corrected chi connectivity index (χ3v) is 5.70. The Labute approximate surface area is 96.6 Å². The van der Waals surface area contributed by atoms with Gasteiger partial charge < -0.3 is 5.32 Å². The van der Waals surface area contributed by atoms with E-state index >= 15 is 0 Å². The molecule has 0 saturated carbocycles. The van der Waals surface area contributed by atoms with Crippen molar-refractivity contribution in [1.82, 2.24) is 5.32 Å². The summed E-state index contributed by atoms with van der Waals surface area (Å²) < 4.78 is 0. The molecule has 0 aromatic heterocycles. The highest BCUT2D eigenvalue weighted by atomic mass is 33.1. The SMILES string of the molecule is CCNC(C)CCCCC1CCSS1. The van der Waals surface area contributed by atoms with Gasteiger partial charge in [0.05, 0.1) is 0 Å². The lowest BCUT2D eigenvalue weighted by molar-refractivity contribution is 0.494. The molecule has 0 amide bonds. The molecule has 0 aromatic rings. The van der Waals surface area contributed by atoms with Crippen LogP contribution in [0.1, 0.15) is 46.0 Å². The van der Waals surface area contributed by atoms with E-state index in [1.807, 2.05) is 0 Å². The summed E-state index contributed by atoms with van der Waals surface area (Å²) in [7, 11) is 4.17. The second-order valence-electron chi connectivity index (χ2n) is 4.07. The summed E-state index contributed by atoms with van der Waals surface area (Å²) in [5.41, 5.74) is 0. The lowest BCUT2D eigenvalue weighted by Gasteiger charge is -2.12. The van der Waals surface area contributed by atoms with Gasteiger partial charge in [-0.2, -0.15) is 0 Å². The third-order valence-electron chi connectivity index (χ3n) is 2.69. The summed E-state index contributed by atoms with van der Waals surface area (Å²) in [6, 6.07) is 0.714. The summed E-state index contributed by atoms with van der Waals surface area (Å²) in [6.45, 7) is 5.59. The first-order chi connectivity index (χ1) is 6.83. The molecule has 2 atom stereocenters. The normalized spacial score (nSPS) is 24.0. The zero-order valence-electron chi connectivity index (χ0n) is 9.42. The molecule has 0 aromatic carbocycles. The average molecular weight is 233 g/mol. The molecule has 1 aliphatic rings. The van der Waals surface area contributed by atoms with E-state index in [1.165, 1.54) is 37.9 Å². The summed E-state index contributed by atoms with van der Waals surface area (Å²) in [6.07, 6.45) is 7.05. The van der Waals surface area contributed by atoms with Crippen molar-refractivity contribution in [2.24, 2.45) is 0 Å². The fourth-order valence-electron chi connectivity index (χ4n) is 1.84. The van der Waals surface area contributed by atoms with E-state index in [1.54, 1.807) is 0 Å². The van der Waals surface area contributed by atoms with Gasteiger partial charge in [0.2, 0.25) is 0 Å². The van der Waals surface area contributed by atoms with Crippen LogP contribution in [0.2, 0.25) is 0 Å². The number of hydrogen-bond donors (Lipinski definition) is 1. The van der Waals surface area contributed by atoms with E-state index in [4.69, 9.17) is 0 Å². The Morgan fingerprint density at radius 2 is 2.29 bits per heavy atom. The van der Waals surface area contributed by atoms with Crippen molar-refractivity contribution in [2.45, 2.75) is 57.2 Å². The zero-order chi connectivity index (χ0) is 10.2. The highest BCUT2D eigenvalue weighted by molar-refractivity contribution is 8.77. The molecular weight excluding hydrogens is 210 g/mol. The molecule has 0 aliphatic carbocycles. The number of unbranched alkanes of at least 4 members (excludes halogenated alkanes) is 1. The maximum Gasteiger partial charge on any atom is 0.0159 e. The van der Waals surface area contributed by atoms with Crippen LogP contribution in [-0.2, 0) is 0 Å². The van der Waals surface area contributed by atoms with Crippen LogP contribution in [0.15, 0.2) is 0 Å². The van der Waals surface area contributed by atoms with Crippen LogP contribution in [0.25, 0.3) is 0 Å². The van der Waals surface area contributed by atoms with Crippen molar-refractivity contribution in [3.05, 3.63) is 0 Å². The first-order valence-corrected chi connectivity index (χ1v) is 8.22. The third kappa shape index (κ3) is 5.52. The monoisotopic (exact) mass is 233 g/mol. The van der Waals surface area contributed by atoms with Crippen molar-refractivity contribution >= 4 is 21.6 Å². The molecule has 84 valence electrons. The summed E-state index contributed by atoms with van der Waals surface area (Å²) in [5, 5.41) is 4.43. The van der Waals surface area contributed by atoms with Crippen molar-refractivity contribution in [1.29, 1.82) is 0 Å². The smallest absolute Gasteiger partial charge is 0.0159 e. The van der Waals surface area contributed by atoms with Crippen LogP contribution in [0, 0.1) is 0 Å². The van der Waals surface area contributed by atoms with Gasteiger partial charge in [0.1, 0.15) is 0 Å². The second-order valence-corrected chi connectivity index (χ2v) is 6.86. The van der Waals surface area contributed by atoms with Gasteiger partial charge in [-0.15, -0.1) is 0 Å². The summed E-state index contributed by atoms with van der Waals surface area (Å²) in [4.78, 5) is 0. The van der Waals surface area contributed by atoms with Gasteiger partial charge in [-0.05, 0) is 32.7 Å². The standard InChI is InChI=1S/C11H23NS2/c1-3-12-10(2)6-4-5-7-11-8-9-13-14-11/h10-12H,3-9H2,1-2H3. The lowest BCUT2D eigenvalue weighted by Crippen LogP contribution is -2.25. The Bertz CT molecular complexity index is 135. The highest BCUT2D eigenvalue weighted by Gasteiger charge is 2.15. The number of rotatable bonds is 7. The Balaban J connectivity index is 1.88. The van der Waals surface area contributed by atoms with Gasteiger partial charge in [0, 0.05) is 17.0 Å². The maximum absolute atomic E-state index is 3.46. The van der Waals surface area contributed by atoms with Crippen LogP contribution in [0.3, 0.4) is 0 Å². The fraction of sp³-hybridized carbons (Fsp3) is 1.00. The van der Waals surface area contributed by atoms with E-state index in [0.717, 1.165) is 11.8 Å². The van der Waals surface area contributed by atoms with Crippen LogP contribution < -0.4 is 5.32 Å². The number of hydrogen-bond acceptors (Lipinski definition) is 3. The van der Waals surface area contributed by atoms with Crippen molar-refractivity contribution in [2.75, 3.05) is 12.3 Å². The minimum Gasteiger partial charge on any atom is -0.315 e. The molecule has 1 rings (SSSR count). The van der Waals surface area contributed by atoms with E-state index in [-0.39, 0.29) is 0 Å². The van der Waals surface area contributed by atoms with E-state index in [9.17, 15) is 0 Å². The minimum absolute atomic E-state index is 0.714. The molecule has 2 unspecified atom stereocenters. The molecule has 1 aliphatic heterocycles. The molecule has 0 bridgehead atoms. The summed E-state index contributed by atoms with van der Waals surface area (Å²) >= 11 is 0. The number of nitrogens with one attached hydrogen (secondary N) is 1. The fourth-order valence-corrected chi connectivity index (χ4v) is 4.87. The molecule has 0 spiro atoms. The molecule has 1 saturated heterocycles. The zero-order valence-corrected chi connectivity index (χ0v) is 11.1. The van der Waals surface area contributed by atoms with Crippen molar-refractivity contribution in [3.8, 4) is 0 Å². The average Bonchev–Trinajstić information content (AvgIpc) is 2.65. The molecule has 1 N–H and O–H groups in total. The van der Waals surface area contributed by atoms with Gasteiger partial charge in [0.25, 0.3) is 0 Å². The van der Waals surface area contributed by atoms with Gasteiger partial charge in [-0.1, -0.05) is 41.4 Å².